The number of nitrogens with zero attached hydrogens (tertiary/aromatic N) is 7. The summed E-state index contributed by atoms with van der Waals surface area (Å²) in [6, 6.07) is 15.0. The fourth-order valence-corrected chi connectivity index (χ4v) is 5.14. The van der Waals surface area contributed by atoms with Crippen LogP contribution < -0.4 is 10.2 Å². The van der Waals surface area contributed by atoms with E-state index in [0.717, 1.165) is 60.4 Å². The maximum Gasteiger partial charge on any atom is 0.229 e. The van der Waals surface area contributed by atoms with Gasteiger partial charge in [0.15, 0.2) is 17.0 Å². The number of nitrogens with one attached hydrogen (secondary N) is 1. The lowest BCUT2D eigenvalue weighted by atomic mass is 10.1. The number of piperazine rings is 1. The fourth-order valence-electron chi connectivity index (χ4n) is 5.14. The van der Waals surface area contributed by atoms with Crippen molar-refractivity contribution in [2.45, 2.75) is 38.3 Å². The summed E-state index contributed by atoms with van der Waals surface area (Å²) in [7, 11) is 2.17. The van der Waals surface area contributed by atoms with Crippen molar-refractivity contribution in [1.82, 2.24) is 29.4 Å². The van der Waals surface area contributed by atoms with Crippen LogP contribution in [0, 0.1) is 0 Å². The number of aromatic nitrogens is 5. The zero-order chi connectivity index (χ0) is 23.6. The number of fused-ring (bicyclic) bond motifs is 1. The largest absolute Gasteiger partial charge is 0.364 e. The van der Waals surface area contributed by atoms with Crippen LogP contribution in [-0.4, -0.2) is 62.6 Å². The summed E-state index contributed by atoms with van der Waals surface area (Å²) in [5.41, 5.74) is 5.10. The minimum absolute atomic E-state index is 0.488. The number of imidazole rings is 1. The summed E-state index contributed by atoms with van der Waals surface area (Å²) in [6.07, 6.45) is 8.75. The van der Waals surface area contributed by atoms with Crippen LogP contribution in [0.15, 0.2) is 55.0 Å². The molecule has 8 nitrogen and oxygen atoms in total. The van der Waals surface area contributed by atoms with Crippen LogP contribution in [0.4, 0.5) is 11.8 Å². The van der Waals surface area contributed by atoms with Gasteiger partial charge in [0.25, 0.3) is 0 Å². The fraction of sp³-hybridized carbons (Fsp3) is 0.407. The van der Waals surface area contributed by atoms with E-state index in [1.807, 2.05) is 30.7 Å². The zero-order valence-electron chi connectivity index (χ0n) is 20.3. The highest BCUT2D eigenvalue weighted by Gasteiger charge is 2.24. The third-order valence-corrected chi connectivity index (χ3v) is 7.29. The standard InChI is InChI=1S/C27H32N8/c1-33-14-16-34(17-15-33)27-31-25(24-26(32-27)35(19-30-24)22-6-2-3-7-22)29-18-20-9-11-21(12-10-20)23-8-4-5-13-28-23/h4-5,8-13,19,22H,2-3,6-7,14-18H2,1H3,(H,29,31,32). The maximum absolute atomic E-state index is 5.04. The maximum atomic E-state index is 5.04. The Balaban J connectivity index is 1.28. The molecule has 0 amide bonds. The predicted molar refractivity (Wildman–Crippen MR) is 140 cm³/mol. The van der Waals surface area contributed by atoms with E-state index in [9.17, 15) is 0 Å². The molecule has 8 heteroatoms. The number of likely N-dealkylation sites (N-methyl/N-ethyl adjacent to an activating group) is 1. The zero-order valence-corrected chi connectivity index (χ0v) is 20.3. The Labute approximate surface area is 206 Å². The smallest absolute Gasteiger partial charge is 0.229 e. The van der Waals surface area contributed by atoms with Gasteiger partial charge in [0.05, 0.1) is 12.0 Å². The van der Waals surface area contributed by atoms with Gasteiger partial charge >= 0.3 is 0 Å². The van der Waals surface area contributed by atoms with Crippen LogP contribution in [0.25, 0.3) is 22.4 Å². The molecule has 0 bridgehead atoms. The second-order valence-corrected chi connectivity index (χ2v) is 9.69. The Hall–Kier alpha value is -3.52. The van der Waals surface area contributed by atoms with E-state index in [1.54, 1.807) is 0 Å². The molecule has 180 valence electrons. The van der Waals surface area contributed by atoms with Gasteiger partial charge in [-0.1, -0.05) is 43.2 Å². The van der Waals surface area contributed by atoms with Crippen molar-refractivity contribution in [2.24, 2.45) is 0 Å². The highest BCUT2D eigenvalue weighted by atomic mass is 15.3. The first kappa shape index (κ1) is 22.0. The molecule has 3 aromatic heterocycles. The quantitative estimate of drug-likeness (QED) is 0.450. The van der Waals surface area contributed by atoms with Crippen molar-refractivity contribution in [1.29, 1.82) is 0 Å². The van der Waals surface area contributed by atoms with Gasteiger partial charge in [-0.05, 0) is 37.6 Å². The van der Waals surface area contributed by atoms with Crippen molar-refractivity contribution in [3.05, 3.63) is 60.6 Å². The van der Waals surface area contributed by atoms with Gasteiger partial charge in [0.2, 0.25) is 5.95 Å². The number of pyridine rings is 1. The highest BCUT2D eigenvalue weighted by Crippen LogP contribution is 2.33. The molecule has 35 heavy (non-hydrogen) atoms. The number of hydrogen-bond donors (Lipinski definition) is 1. The molecule has 0 atom stereocenters. The monoisotopic (exact) mass is 468 g/mol. The molecule has 4 heterocycles. The molecule has 0 spiro atoms. The van der Waals surface area contributed by atoms with E-state index in [4.69, 9.17) is 15.0 Å². The Morgan fingerprint density at radius 2 is 1.71 bits per heavy atom. The second kappa shape index (κ2) is 9.62. The van der Waals surface area contributed by atoms with Crippen LogP contribution in [-0.2, 0) is 6.54 Å². The third-order valence-electron chi connectivity index (χ3n) is 7.29. The lowest BCUT2D eigenvalue weighted by molar-refractivity contribution is 0.311. The van der Waals surface area contributed by atoms with Gasteiger partial charge in [-0.3, -0.25) is 4.98 Å². The molecule has 1 saturated carbocycles. The van der Waals surface area contributed by atoms with E-state index in [2.05, 4.69) is 56.0 Å². The van der Waals surface area contributed by atoms with Gasteiger partial charge in [-0.25, -0.2) is 4.98 Å². The minimum Gasteiger partial charge on any atom is -0.364 e. The summed E-state index contributed by atoms with van der Waals surface area (Å²) in [4.78, 5) is 23.9. The topological polar surface area (TPSA) is 75.0 Å². The summed E-state index contributed by atoms with van der Waals surface area (Å²) >= 11 is 0. The van der Waals surface area contributed by atoms with E-state index >= 15 is 0 Å². The highest BCUT2D eigenvalue weighted by molar-refractivity contribution is 5.84. The molecule has 1 aliphatic carbocycles. The van der Waals surface area contributed by atoms with Gasteiger partial charge in [-0.15, -0.1) is 0 Å². The first-order chi connectivity index (χ1) is 17.2. The minimum atomic E-state index is 0.488. The van der Waals surface area contributed by atoms with Gasteiger partial charge in [0.1, 0.15) is 0 Å². The van der Waals surface area contributed by atoms with Crippen LogP contribution in [0.1, 0.15) is 37.3 Å². The lowest BCUT2D eigenvalue weighted by Gasteiger charge is -2.32. The van der Waals surface area contributed by atoms with Gasteiger partial charge < -0.3 is 19.7 Å². The molecule has 1 N–H and O–H groups in total. The van der Waals surface area contributed by atoms with Gasteiger partial charge in [0, 0.05) is 50.5 Å². The van der Waals surface area contributed by atoms with Crippen molar-refractivity contribution < 1.29 is 0 Å². The summed E-state index contributed by atoms with van der Waals surface area (Å²) < 4.78 is 2.29. The van der Waals surface area contributed by atoms with Crippen LogP contribution in [0.5, 0.6) is 0 Å². The molecule has 0 radical (unpaired) electrons. The van der Waals surface area contributed by atoms with E-state index < -0.39 is 0 Å². The molecule has 6 rings (SSSR count). The summed E-state index contributed by atoms with van der Waals surface area (Å²) in [6.45, 7) is 4.60. The number of anilines is 2. The SMILES string of the molecule is CN1CCN(c2nc(NCc3ccc(-c4ccccn4)cc3)c3ncn(C4CCCC4)c3n2)CC1. The van der Waals surface area contributed by atoms with Crippen LogP contribution >= 0.6 is 0 Å². The Morgan fingerprint density at radius 1 is 0.914 bits per heavy atom. The molecule has 2 aliphatic rings. The Morgan fingerprint density at radius 3 is 2.46 bits per heavy atom. The average molecular weight is 469 g/mol. The van der Waals surface area contributed by atoms with Crippen molar-refractivity contribution in [3.63, 3.8) is 0 Å². The molecule has 1 aliphatic heterocycles. The second-order valence-electron chi connectivity index (χ2n) is 9.69. The average Bonchev–Trinajstić information content (AvgIpc) is 3.59. The molecule has 1 aromatic carbocycles. The molecule has 0 unspecified atom stereocenters. The van der Waals surface area contributed by atoms with Crippen LogP contribution in [0.3, 0.4) is 0 Å². The Bertz CT molecular complexity index is 1270. The molecule has 4 aromatic rings. The third kappa shape index (κ3) is 4.58. The van der Waals surface area contributed by atoms with Crippen molar-refractivity contribution in [3.8, 4) is 11.3 Å². The van der Waals surface area contributed by atoms with Crippen molar-refractivity contribution in [2.75, 3.05) is 43.4 Å². The van der Waals surface area contributed by atoms with Crippen molar-refractivity contribution >= 4 is 22.9 Å². The molecular weight excluding hydrogens is 436 g/mol. The number of benzene rings is 1. The van der Waals surface area contributed by atoms with E-state index in [1.165, 1.54) is 31.2 Å². The van der Waals surface area contributed by atoms with Gasteiger partial charge in [-0.2, -0.15) is 9.97 Å². The number of hydrogen-bond acceptors (Lipinski definition) is 7. The normalized spacial score (nSPS) is 17.3. The summed E-state index contributed by atoms with van der Waals surface area (Å²) in [5.74, 6) is 1.62. The lowest BCUT2D eigenvalue weighted by Crippen LogP contribution is -2.45. The van der Waals surface area contributed by atoms with Crippen LogP contribution in [0.2, 0.25) is 0 Å². The first-order valence-electron chi connectivity index (χ1n) is 12.7. The molecule has 2 fully saturated rings. The molecular formula is C27H32N8. The Kier molecular flexibility index (Phi) is 6.04. The molecule has 1 saturated heterocycles. The van der Waals surface area contributed by atoms with E-state index in [-0.39, 0.29) is 0 Å². The predicted octanol–water partition coefficient (Wildman–Crippen LogP) is 4.37. The summed E-state index contributed by atoms with van der Waals surface area (Å²) in [5, 5.41) is 3.58. The number of rotatable bonds is 6. The van der Waals surface area contributed by atoms with E-state index in [0.29, 0.717) is 12.6 Å². The first-order valence-corrected chi connectivity index (χ1v) is 12.7.